The third-order valence-electron chi connectivity index (χ3n) is 4.81. The Morgan fingerprint density at radius 2 is 1.22 bits per heavy atom. The highest BCUT2D eigenvalue weighted by molar-refractivity contribution is 4.60. The van der Waals surface area contributed by atoms with E-state index in [0.717, 1.165) is 38.9 Å². The van der Waals surface area contributed by atoms with Crippen molar-refractivity contribution < 1.29 is 14.6 Å². The van der Waals surface area contributed by atoms with E-state index in [0.29, 0.717) is 0 Å². The molecule has 0 aromatic heterocycles. The second-order valence-electron chi connectivity index (χ2n) is 7.08. The van der Waals surface area contributed by atoms with Crippen LogP contribution >= 0.6 is 0 Å². The van der Waals surface area contributed by atoms with Gasteiger partial charge in [-0.25, -0.2) is 0 Å². The molecule has 23 heavy (non-hydrogen) atoms. The molecule has 0 aliphatic carbocycles. The van der Waals surface area contributed by atoms with Gasteiger partial charge in [-0.05, 0) is 25.7 Å². The van der Waals surface area contributed by atoms with Gasteiger partial charge >= 0.3 is 0 Å². The fraction of sp³-hybridized carbons (Fsp3) is 1.00. The maximum absolute atomic E-state index is 9.98. The zero-order chi connectivity index (χ0) is 16.6. The number of rotatable bonds is 16. The summed E-state index contributed by atoms with van der Waals surface area (Å²) >= 11 is 0. The van der Waals surface area contributed by atoms with Gasteiger partial charge in [-0.1, -0.05) is 77.6 Å². The van der Waals surface area contributed by atoms with Crippen LogP contribution < -0.4 is 0 Å². The van der Waals surface area contributed by atoms with Crippen molar-refractivity contribution in [3.63, 3.8) is 0 Å². The molecule has 1 unspecified atom stereocenters. The molecule has 1 aliphatic heterocycles. The molecule has 3 heteroatoms. The zero-order valence-electron chi connectivity index (χ0n) is 15.4. The summed E-state index contributed by atoms with van der Waals surface area (Å²) in [5.41, 5.74) is 0. The van der Waals surface area contributed by atoms with Crippen LogP contribution in [0.2, 0.25) is 0 Å². The van der Waals surface area contributed by atoms with E-state index >= 15 is 0 Å². The van der Waals surface area contributed by atoms with Crippen LogP contribution in [0.25, 0.3) is 0 Å². The first-order chi connectivity index (χ1) is 11.3. The van der Waals surface area contributed by atoms with E-state index in [1.54, 1.807) is 0 Å². The Morgan fingerprint density at radius 1 is 0.739 bits per heavy atom. The molecular formula is C20H40O3. The fourth-order valence-corrected chi connectivity index (χ4v) is 3.28. The molecule has 1 rings (SSSR count). The van der Waals surface area contributed by atoms with Crippen molar-refractivity contribution in [3.05, 3.63) is 0 Å². The van der Waals surface area contributed by atoms with Gasteiger partial charge in [0.1, 0.15) is 0 Å². The van der Waals surface area contributed by atoms with Gasteiger partial charge in [-0.15, -0.1) is 0 Å². The van der Waals surface area contributed by atoms with Crippen LogP contribution in [0.1, 0.15) is 103 Å². The Morgan fingerprint density at radius 3 is 1.78 bits per heavy atom. The van der Waals surface area contributed by atoms with Crippen molar-refractivity contribution in [2.75, 3.05) is 13.2 Å². The van der Waals surface area contributed by atoms with E-state index < -0.39 is 0 Å². The van der Waals surface area contributed by atoms with Crippen LogP contribution in [-0.2, 0) is 9.47 Å². The van der Waals surface area contributed by atoms with Crippen molar-refractivity contribution in [2.45, 2.75) is 116 Å². The number of hydrogen-bond acceptors (Lipinski definition) is 3. The Balaban J connectivity index is 1.74. The van der Waals surface area contributed by atoms with Gasteiger partial charge < -0.3 is 14.6 Å². The maximum Gasteiger partial charge on any atom is 0.157 e. The smallest absolute Gasteiger partial charge is 0.157 e. The Kier molecular flexibility index (Phi) is 14.0. The number of unbranched alkanes of at least 4 members (excludes halogenated alkanes) is 10. The second-order valence-corrected chi connectivity index (χ2v) is 7.08. The van der Waals surface area contributed by atoms with Crippen molar-refractivity contribution in [1.29, 1.82) is 0 Å². The van der Waals surface area contributed by atoms with Gasteiger partial charge in [0.15, 0.2) is 6.29 Å². The lowest BCUT2D eigenvalue weighted by atomic mass is 10.0. The molecule has 1 aliphatic rings. The molecule has 0 aromatic rings. The third kappa shape index (κ3) is 12.9. The largest absolute Gasteiger partial charge is 0.393 e. The van der Waals surface area contributed by atoms with E-state index in [9.17, 15) is 5.11 Å². The summed E-state index contributed by atoms with van der Waals surface area (Å²) in [4.78, 5) is 0. The van der Waals surface area contributed by atoms with Crippen molar-refractivity contribution in [2.24, 2.45) is 0 Å². The number of aliphatic hydroxyl groups is 1. The lowest BCUT2D eigenvalue weighted by molar-refractivity contribution is -0.0494. The van der Waals surface area contributed by atoms with Crippen molar-refractivity contribution in [1.82, 2.24) is 0 Å². The molecule has 138 valence electrons. The van der Waals surface area contributed by atoms with E-state index in [1.807, 2.05) is 0 Å². The van der Waals surface area contributed by atoms with Gasteiger partial charge in [0.2, 0.25) is 0 Å². The summed E-state index contributed by atoms with van der Waals surface area (Å²) in [6.07, 6.45) is 18.6. The first-order valence-electron chi connectivity index (χ1n) is 10.2. The molecule has 1 atom stereocenters. The summed E-state index contributed by atoms with van der Waals surface area (Å²) < 4.78 is 10.8. The van der Waals surface area contributed by atoms with Crippen molar-refractivity contribution >= 4 is 0 Å². The van der Waals surface area contributed by atoms with Crippen molar-refractivity contribution in [3.8, 4) is 0 Å². The summed E-state index contributed by atoms with van der Waals surface area (Å²) in [7, 11) is 0. The predicted octanol–water partition coefficient (Wildman–Crippen LogP) is 5.59. The molecule has 1 N–H and O–H groups in total. The van der Waals surface area contributed by atoms with E-state index in [1.165, 1.54) is 70.6 Å². The number of hydrogen-bond donors (Lipinski definition) is 1. The second kappa shape index (κ2) is 15.4. The third-order valence-corrected chi connectivity index (χ3v) is 4.81. The monoisotopic (exact) mass is 328 g/mol. The van der Waals surface area contributed by atoms with Gasteiger partial charge in [0, 0.05) is 0 Å². The highest BCUT2D eigenvalue weighted by atomic mass is 16.7. The standard InChI is InChI=1S/C20H40O3/c1-2-3-4-5-6-7-8-9-10-11-12-14-19(21)15-13-16-20-22-17-18-23-20/h19-21H,2-18H2,1H3. The van der Waals surface area contributed by atoms with Crippen LogP contribution in [0.4, 0.5) is 0 Å². The van der Waals surface area contributed by atoms with Gasteiger partial charge in [-0.3, -0.25) is 0 Å². The fourth-order valence-electron chi connectivity index (χ4n) is 3.28. The molecule has 0 saturated carbocycles. The number of ether oxygens (including phenoxy) is 2. The summed E-state index contributed by atoms with van der Waals surface area (Å²) in [5, 5.41) is 9.98. The Bertz CT molecular complexity index is 239. The zero-order valence-corrected chi connectivity index (χ0v) is 15.4. The first-order valence-corrected chi connectivity index (χ1v) is 10.2. The lowest BCUT2D eigenvalue weighted by Gasteiger charge is -2.12. The molecule has 1 heterocycles. The molecule has 0 bridgehead atoms. The molecule has 1 fully saturated rings. The van der Waals surface area contributed by atoms with Crippen LogP contribution in [0.5, 0.6) is 0 Å². The van der Waals surface area contributed by atoms with Crippen LogP contribution in [0, 0.1) is 0 Å². The van der Waals surface area contributed by atoms with Gasteiger partial charge in [-0.2, -0.15) is 0 Å². The van der Waals surface area contributed by atoms with E-state index in [2.05, 4.69) is 6.92 Å². The maximum atomic E-state index is 9.98. The first kappa shape index (κ1) is 20.9. The SMILES string of the molecule is CCCCCCCCCCCCCC(O)CCCC1OCCO1. The lowest BCUT2D eigenvalue weighted by Crippen LogP contribution is -2.11. The summed E-state index contributed by atoms with van der Waals surface area (Å²) in [6.45, 7) is 3.73. The topological polar surface area (TPSA) is 38.7 Å². The molecule has 0 spiro atoms. The average Bonchev–Trinajstić information content (AvgIpc) is 3.06. The molecule has 0 aromatic carbocycles. The Hall–Kier alpha value is -0.120. The molecule has 3 nitrogen and oxygen atoms in total. The van der Waals surface area contributed by atoms with E-state index in [-0.39, 0.29) is 12.4 Å². The van der Waals surface area contributed by atoms with Gasteiger partial charge in [0.05, 0.1) is 19.3 Å². The number of aliphatic hydroxyl groups excluding tert-OH is 1. The average molecular weight is 329 g/mol. The van der Waals surface area contributed by atoms with Crippen LogP contribution in [-0.4, -0.2) is 30.7 Å². The summed E-state index contributed by atoms with van der Waals surface area (Å²) in [6, 6.07) is 0. The highest BCUT2D eigenvalue weighted by Crippen LogP contribution is 2.16. The molecular weight excluding hydrogens is 288 g/mol. The predicted molar refractivity (Wildman–Crippen MR) is 96.6 cm³/mol. The minimum Gasteiger partial charge on any atom is -0.393 e. The summed E-state index contributed by atoms with van der Waals surface area (Å²) in [5.74, 6) is 0. The highest BCUT2D eigenvalue weighted by Gasteiger charge is 2.15. The minimum absolute atomic E-state index is 0.0100. The van der Waals surface area contributed by atoms with Crippen LogP contribution in [0.15, 0.2) is 0 Å². The normalized spacial score (nSPS) is 17.0. The van der Waals surface area contributed by atoms with Crippen LogP contribution in [0.3, 0.4) is 0 Å². The quantitative estimate of drug-likeness (QED) is 0.375. The molecule has 0 amide bonds. The Labute approximate surface area is 144 Å². The van der Waals surface area contributed by atoms with Gasteiger partial charge in [0.25, 0.3) is 0 Å². The van der Waals surface area contributed by atoms with E-state index in [4.69, 9.17) is 9.47 Å². The molecule has 1 saturated heterocycles. The molecule has 0 radical (unpaired) electrons. The minimum atomic E-state index is -0.130.